The van der Waals surface area contributed by atoms with Crippen LogP contribution in [0.1, 0.15) is 142 Å². The molecular weight excluding hydrogens is 478 g/mol. The van der Waals surface area contributed by atoms with Crippen LogP contribution in [0.4, 0.5) is 15.3 Å². The van der Waals surface area contributed by atoms with E-state index in [1.165, 1.54) is 103 Å². The maximum Gasteiger partial charge on any atom is 0.513 e. The van der Waals surface area contributed by atoms with Crippen molar-refractivity contribution in [3.8, 4) is 5.75 Å². The normalized spacial score (nSPS) is 10.8. The molecule has 6 heteroatoms. The summed E-state index contributed by atoms with van der Waals surface area (Å²) in [7, 11) is 0. The van der Waals surface area contributed by atoms with E-state index < -0.39 is 12.2 Å². The average Bonchev–Trinajstić information content (AvgIpc) is 2.90. The van der Waals surface area contributed by atoms with Gasteiger partial charge in [-0.25, -0.2) is 9.59 Å². The number of unbranched alkanes of at least 4 members (excludes halogenated alkanes) is 18. The quantitative estimate of drug-likeness (QED) is 0.0812. The van der Waals surface area contributed by atoms with Crippen LogP contribution in [0.3, 0.4) is 0 Å². The van der Waals surface area contributed by atoms with Crippen molar-refractivity contribution in [2.75, 3.05) is 18.5 Å². The zero-order chi connectivity index (χ0) is 27.5. The predicted molar refractivity (Wildman–Crippen MR) is 157 cm³/mol. The smallest absolute Gasteiger partial charge is 0.449 e. The molecule has 38 heavy (non-hydrogen) atoms. The Morgan fingerprint density at radius 1 is 0.605 bits per heavy atom. The first-order chi connectivity index (χ1) is 18.7. The second-order valence-electron chi connectivity index (χ2n) is 10.4. The highest BCUT2D eigenvalue weighted by Crippen LogP contribution is 2.18. The second-order valence-corrected chi connectivity index (χ2v) is 10.4. The monoisotopic (exact) mass is 533 g/mol. The molecule has 0 aliphatic rings. The van der Waals surface area contributed by atoms with E-state index in [1.54, 1.807) is 24.3 Å². The maximum absolute atomic E-state index is 12.1. The van der Waals surface area contributed by atoms with Gasteiger partial charge >= 0.3 is 12.2 Å². The van der Waals surface area contributed by atoms with Crippen LogP contribution in [0, 0.1) is 0 Å². The van der Waals surface area contributed by atoms with Crippen molar-refractivity contribution in [3.05, 3.63) is 24.3 Å². The first-order valence-corrected chi connectivity index (χ1v) is 15.5. The third-order valence-electron chi connectivity index (χ3n) is 6.73. The highest BCUT2D eigenvalue weighted by molar-refractivity contribution is 5.85. The Kier molecular flexibility index (Phi) is 22.3. The molecule has 1 aromatic rings. The molecule has 0 fully saturated rings. The lowest BCUT2D eigenvalue weighted by Gasteiger charge is -2.09. The molecule has 0 atom stereocenters. The minimum absolute atomic E-state index is 0.325. The summed E-state index contributed by atoms with van der Waals surface area (Å²) in [5.74, 6) is 0.325. The molecule has 6 nitrogen and oxygen atoms in total. The zero-order valence-corrected chi connectivity index (χ0v) is 24.4. The van der Waals surface area contributed by atoms with Gasteiger partial charge < -0.3 is 14.2 Å². The molecule has 218 valence electrons. The van der Waals surface area contributed by atoms with Gasteiger partial charge in [0, 0.05) is 11.8 Å². The fraction of sp³-hybridized carbons (Fsp3) is 0.750. The van der Waals surface area contributed by atoms with Gasteiger partial charge in [0.1, 0.15) is 5.75 Å². The van der Waals surface area contributed by atoms with E-state index in [9.17, 15) is 9.59 Å². The number of ether oxygens (including phenoxy) is 3. The molecular formula is C32H55NO5. The zero-order valence-electron chi connectivity index (χ0n) is 24.4. The Hall–Kier alpha value is -2.24. The highest BCUT2D eigenvalue weighted by Gasteiger charge is 2.09. The van der Waals surface area contributed by atoms with E-state index in [2.05, 4.69) is 19.2 Å². The SMILES string of the molecule is CCCCCCCCCCCCOC(=O)Nc1cccc(OC(=O)OCCCCCCCCCCCC)c1. The summed E-state index contributed by atoms with van der Waals surface area (Å²) in [5, 5.41) is 2.69. The molecule has 0 unspecified atom stereocenters. The average molecular weight is 534 g/mol. The maximum atomic E-state index is 12.1. The minimum atomic E-state index is -0.721. The van der Waals surface area contributed by atoms with Crippen molar-refractivity contribution in [1.29, 1.82) is 0 Å². The van der Waals surface area contributed by atoms with Gasteiger partial charge in [-0.1, -0.05) is 135 Å². The van der Waals surface area contributed by atoms with Gasteiger partial charge in [0.05, 0.1) is 13.2 Å². The topological polar surface area (TPSA) is 73.9 Å². The van der Waals surface area contributed by atoms with Crippen molar-refractivity contribution in [3.63, 3.8) is 0 Å². The number of anilines is 1. The summed E-state index contributed by atoms with van der Waals surface area (Å²) < 4.78 is 15.7. The van der Waals surface area contributed by atoms with Crippen molar-refractivity contribution in [2.24, 2.45) is 0 Å². The molecule has 0 spiro atoms. The fourth-order valence-electron chi connectivity index (χ4n) is 4.42. The highest BCUT2D eigenvalue weighted by atomic mass is 16.7. The van der Waals surface area contributed by atoms with Gasteiger partial charge in [0.15, 0.2) is 0 Å². The molecule has 0 radical (unpaired) electrons. The molecule has 0 heterocycles. The van der Waals surface area contributed by atoms with Crippen molar-refractivity contribution in [2.45, 2.75) is 142 Å². The molecule has 0 saturated heterocycles. The molecule has 1 aromatic carbocycles. The van der Waals surface area contributed by atoms with Gasteiger partial charge in [-0.3, -0.25) is 5.32 Å². The van der Waals surface area contributed by atoms with Crippen LogP contribution in [0.5, 0.6) is 5.75 Å². The summed E-state index contributed by atoms with van der Waals surface area (Å²) in [4.78, 5) is 24.0. The number of nitrogens with one attached hydrogen (secondary N) is 1. The van der Waals surface area contributed by atoms with Crippen LogP contribution >= 0.6 is 0 Å². The van der Waals surface area contributed by atoms with Crippen LogP contribution in [-0.2, 0) is 9.47 Å². The van der Waals surface area contributed by atoms with Crippen LogP contribution in [-0.4, -0.2) is 25.5 Å². The van der Waals surface area contributed by atoms with Crippen molar-refractivity contribution in [1.82, 2.24) is 0 Å². The predicted octanol–water partition coefficient (Wildman–Crippen LogP) is 10.6. The largest absolute Gasteiger partial charge is 0.513 e. The molecule has 1 amide bonds. The molecule has 0 bridgehead atoms. The summed E-state index contributed by atoms with van der Waals surface area (Å²) >= 11 is 0. The number of benzene rings is 1. The van der Waals surface area contributed by atoms with Crippen LogP contribution in [0.2, 0.25) is 0 Å². The summed E-state index contributed by atoms with van der Waals surface area (Å²) in [6.07, 6.45) is 23.5. The molecule has 0 aliphatic carbocycles. The first-order valence-electron chi connectivity index (χ1n) is 15.5. The Morgan fingerprint density at radius 2 is 1.05 bits per heavy atom. The first kappa shape index (κ1) is 33.8. The number of hydrogen-bond donors (Lipinski definition) is 1. The van der Waals surface area contributed by atoms with Crippen LogP contribution < -0.4 is 10.1 Å². The van der Waals surface area contributed by atoms with E-state index in [4.69, 9.17) is 14.2 Å². The van der Waals surface area contributed by atoms with E-state index in [1.807, 2.05) is 0 Å². The second kappa shape index (κ2) is 25.1. The number of rotatable bonds is 24. The lowest BCUT2D eigenvalue weighted by Crippen LogP contribution is -2.15. The van der Waals surface area contributed by atoms with Gasteiger partial charge in [-0.2, -0.15) is 0 Å². The lowest BCUT2D eigenvalue weighted by molar-refractivity contribution is 0.0973. The molecule has 1 rings (SSSR count). The third-order valence-corrected chi connectivity index (χ3v) is 6.73. The van der Waals surface area contributed by atoms with Crippen molar-refractivity contribution >= 4 is 17.9 Å². The van der Waals surface area contributed by atoms with Gasteiger partial charge in [0.25, 0.3) is 0 Å². The Balaban J connectivity index is 2.05. The lowest BCUT2D eigenvalue weighted by atomic mass is 10.1. The Labute approximate surface area is 232 Å². The molecule has 1 N–H and O–H groups in total. The summed E-state index contributed by atoms with van der Waals surface area (Å²) in [6, 6.07) is 6.68. The van der Waals surface area contributed by atoms with Gasteiger partial charge in [0.2, 0.25) is 0 Å². The molecule has 0 aliphatic heterocycles. The fourth-order valence-corrected chi connectivity index (χ4v) is 4.42. The van der Waals surface area contributed by atoms with Crippen LogP contribution in [0.25, 0.3) is 0 Å². The van der Waals surface area contributed by atoms with Gasteiger partial charge in [-0.05, 0) is 25.0 Å². The van der Waals surface area contributed by atoms with E-state index in [-0.39, 0.29) is 0 Å². The number of amides is 1. The number of carbonyl (C=O) groups excluding carboxylic acids is 2. The Morgan fingerprint density at radius 3 is 1.55 bits per heavy atom. The van der Waals surface area contributed by atoms with Crippen LogP contribution in [0.15, 0.2) is 24.3 Å². The summed E-state index contributed by atoms with van der Waals surface area (Å²) in [5.41, 5.74) is 0.512. The molecule has 0 aromatic heterocycles. The van der Waals surface area contributed by atoms with E-state index in [0.29, 0.717) is 24.7 Å². The van der Waals surface area contributed by atoms with E-state index >= 15 is 0 Å². The van der Waals surface area contributed by atoms with E-state index in [0.717, 1.165) is 25.7 Å². The van der Waals surface area contributed by atoms with Crippen molar-refractivity contribution < 1.29 is 23.8 Å². The van der Waals surface area contributed by atoms with Gasteiger partial charge in [-0.15, -0.1) is 0 Å². The molecule has 0 saturated carbocycles. The summed E-state index contributed by atoms with van der Waals surface area (Å²) in [6.45, 7) is 5.25. The Bertz CT molecular complexity index is 654. The standard InChI is InChI=1S/C32H55NO5/c1-3-5-7-9-11-13-15-17-19-21-26-36-31(34)33-29-24-23-25-30(28-29)38-32(35)37-27-22-20-18-16-14-12-10-8-6-4-2/h23-25,28H,3-22,26-27H2,1-2H3,(H,33,34). The third kappa shape index (κ3) is 20.8. The number of carbonyl (C=O) groups is 2. The number of hydrogen-bond acceptors (Lipinski definition) is 5. The minimum Gasteiger partial charge on any atom is -0.449 e.